The summed E-state index contributed by atoms with van der Waals surface area (Å²) in [4.78, 5) is 65.8. The third-order valence-electron chi connectivity index (χ3n) is 11.2. The molecule has 7 atom stereocenters. The van der Waals surface area contributed by atoms with Crippen LogP contribution in [0.2, 0.25) is 0 Å². The lowest BCUT2D eigenvalue weighted by atomic mass is 9.42. The van der Waals surface area contributed by atoms with Crippen molar-refractivity contribution < 1.29 is 33.8 Å². The van der Waals surface area contributed by atoms with Crippen LogP contribution >= 0.6 is 0 Å². The van der Waals surface area contributed by atoms with E-state index in [9.17, 15) is 29.1 Å². The molecule has 0 amide bonds. The van der Waals surface area contributed by atoms with Crippen molar-refractivity contribution in [3.05, 3.63) is 22.8 Å². The summed E-state index contributed by atoms with van der Waals surface area (Å²) in [6, 6.07) is 0. The summed E-state index contributed by atoms with van der Waals surface area (Å²) in [5.41, 5.74) is -1.29. The first kappa shape index (κ1) is 29.6. The van der Waals surface area contributed by atoms with Gasteiger partial charge in [0.25, 0.3) is 0 Å². The van der Waals surface area contributed by atoms with Crippen LogP contribution in [-0.2, 0) is 28.7 Å². The highest BCUT2D eigenvalue weighted by atomic mass is 16.5. The van der Waals surface area contributed by atoms with Gasteiger partial charge in [-0.1, -0.05) is 40.2 Å². The lowest BCUT2D eigenvalue weighted by Gasteiger charge is -2.60. The summed E-state index contributed by atoms with van der Waals surface area (Å²) in [6.45, 7) is 15.1. The second kappa shape index (κ2) is 9.60. The molecule has 4 aliphatic carbocycles. The van der Waals surface area contributed by atoms with Crippen molar-refractivity contribution in [3.63, 3.8) is 0 Å². The number of rotatable bonds is 6. The van der Waals surface area contributed by atoms with Crippen molar-refractivity contribution in [2.24, 2.45) is 39.4 Å². The number of carbonyl (C=O) groups excluding carboxylic acids is 5. The first-order valence-corrected chi connectivity index (χ1v) is 14.4. The Balaban J connectivity index is 1.74. The molecule has 1 N–H and O–H groups in total. The minimum Gasteiger partial charge on any atom is -0.466 e. The van der Waals surface area contributed by atoms with Crippen LogP contribution in [0, 0.1) is 39.4 Å². The first-order chi connectivity index (χ1) is 18.0. The molecule has 7 unspecified atom stereocenters. The number of hydrogen-bond acceptors (Lipinski definition) is 7. The van der Waals surface area contributed by atoms with E-state index in [0.717, 1.165) is 0 Å². The molecular weight excluding hydrogens is 496 g/mol. The minimum absolute atomic E-state index is 0.00597. The van der Waals surface area contributed by atoms with Crippen molar-refractivity contribution in [2.75, 3.05) is 6.61 Å². The Morgan fingerprint density at radius 1 is 1.10 bits per heavy atom. The van der Waals surface area contributed by atoms with Gasteiger partial charge in [-0.2, -0.15) is 0 Å². The average molecular weight is 541 g/mol. The van der Waals surface area contributed by atoms with E-state index in [1.54, 1.807) is 13.8 Å². The fraction of sp³-hybridized carbons (Fsp3) is 0.719. The lowest BCUT2D eigenvalue weighted by Crippen LogP contribution is -2.59. The highest BCUT2D eigenvalue weighted by Gasteiger charge is 2.70. The smallest absolute Gasteiger partial charge is 0.309 e. The Labute approximate surface area is 231 Å². The van der Waals surface area contributed by atoms with Crippen molar-refractivity contribution >= 4 is 29.1 Å². The molecule has 0 aromatic rings. The van der Waals surface area contributed by atoms with Crippen LogP contribution in [0.15, 0.2) is 22.8 Å². The normalized spacial score (nSPS) is 38.6. The third kappa shape index (κ3) is 4.13. The van der Waals surface area contributed by atoms with Gasteiger partial charge in [-0.3, -0.25) is 24.0 Å². The molecule has 0 aromatic heterocycles. The maximum atomic E-state index is 14.1. The van der Waals surface area contributed by atoms with E-state index in [4.69, 9.17) is 4.74 Å². The van der Waals surface area contributed by atoms with Gasteiger partial charge in [0.1, 0.15) is 11.6 Å². The van der Waals surface area contributed by atoms with E-state index < -0.39 is 39.7 Å². The van der Waals surface area contributed by atoms with E-state index in [-0.39, 0.29) is 60.8 Å². The van der Waals surface area contributed by atoms with Crippen LogP contribution in [0.1, 0.15) is 93.9 Å². The topological polar surface area (TPSA) is 115 Å². The standard InChI is InChI=1S/C32H44O7/c1-9-39-28(38)18(3)13-19(33)12-17(2)20-14-25(37)32(8)27-21(34)15-23-29(4,5)24(36)10-11-30(23,6)26(27)22(35)16-31(20,32)7/h12,18,20-21,23,34H,9-11,13-16H2,1-8H3. The number of aliphatic hydroxyl groups excluding tert-OH is 1. The SMILES string of the molecule is CCOC(=O)C(C)CC(=O)C=C(C)C1CC(=O)C2(C)C3=C(C(=O)CC12C)C1(C)CCC(=O)C(C)(C)C1CC3O. The fourth-order valence-electron chi connectivity index (χ4n) is 8.79. The van der Waals surface area contributed by atoms with Crippen LogP contribution in [0.3, 0.4) is 0 Å². The number of esters is 1. The molecule has 0 spiro atoms. The van der Waals surface area contributed by atoms with Gasteiger partial charge in [-0.25, -0.2) is 0 Å². The molecule has 4 aliphatic rings. The molecule has 0 heterocycles. The van der Waals surface area contributed by atoms with Crippen molar-refractivity contribution in [3.8, 4) is 0 Å². The fourth-order valence-corrected chi connectivity index (χ4v) is 8.79. The predicted molar refractivity (Wildman–Crippen MR) is 145 cm³/mol. The van der Waals surface area contributed by atoms with Gasteiger partial charge in [0, 0.05) is 42.1 Å². The summed E-state index contributed by atoms with van der Waals surface area (Å²) < 4.78 is 5.02. The number of carbonyl (C=O) groups is 5. The van der Waals surface area contributed by atoms with E-state index >= 15 is 0 Å². The van der Waals surface area contributed by atoms with Gasteiger partial charge in [0.2, 0.25) is 0 Å². The predicted octanol–water partition coefficient (Wildman–Crippen LogP) is 4.74. The van der Waals surface area contributed by atoms with Gasteiger partial charge in [-0.05, 0) is 62.5 Å². The number of ether oxygens (including phenoxy) is 1. The lowest BCUT2D eigenvalue weighted by molar-refractivity contribution is -0.148. The summed E-state index contributed by atoms with van der Waals surface area (Å²) in [6.07, 6.45) is 2.10. The average Bonchev–Trinajstić information content (AvgIpc) is 3.04. The molecule has 7 nitrogen and oxygen atoms in total. The third-order valence-corrected chi connectivity index (χ3v) is 11.2. The van der Waals surface area contributed by atoms with Gasteiger partial charge < -0.3 is 9.84 Å². The molecule has 4 rings (SSSR count). The molecule has 2 saturated carbocycles. The zero-order valence-corrected chi connectivity index (χ0v) is 24.7. The summed E-state index contributed by atoms with van der Waals surface area (Å²) >= 11 is 0. The summed E-state index contributed by atoms with van der Waals surface area (Å²) in [7, 11) is 0. The highest BCUT2D eigenvalue weighted by molar-refractivity contribution is 6.06. The Morgan fingerprint density at radius 3 is 2.36 bits per heavy atom. The van der Waals surface area contributed by atoms with Crippen molar-refractivity contribution in [2.45, 2.75) is 100 Å². The molecule has 214 valence electrons. The molecular formula is C32H44O7. The Hall–Kier alpha value is -2.41. The van der Waals surface area contributed by atoms with Crippen LogP contribution < -0.4 is 0 Å². The van der Waals surface area contributed by atoms with Gasteiger partial charge in [0.15, 0.2) is 11.6 Å². The van der Waals surface area contributed by atoms with Gasteiger partial charge in [-0.15, -0.1) is 0 Å². The summed E-state index contributed by atoms with van der Waals surface area (Å²) in [5.74, 6) is -1.69. The molecule has 0 bridgehead atoms. The number of hydrogen-bond donors (Lipinski definition) is 1. The Morgan fingerprint density at radius 2 is 1.74 bits per heavy atom. The highest BCUT2D eigenvalue weighted by Crippen LogP contribution is 2.70. The molecule has 2 fully saturated rings. The van der Waals surface area contributed by atoms with Crippen LogP contribution in [0.25, 0.3) is 0 Å². The second-order valence-electron chi connectivity index (χ2n) is 13.7. The molecule has 7 heteroatoms. The largest absolute Gasteiger partial charge is 0.466 e. The molecule has 0 radical (unpaired) electrons. The zero-order valence-electron chi connectivity index (χ0n) is 24.7. The van der Waals surface area contributed by atoms with Crippen LogP contribution in [0.4, 0.5) is 0 Å². The number of Topliss-reactive ketones (excluding diaryl/α,β-unsaturated/α-hetero) is 3. The monoisotopic (exact) mass is 540 g/mol. The van der Waals surface area contributed by atoms with Gasteiger partial charge in [0.05, 0.1) is 24.0 Å². The van der Waals surface area contributed by atoms with E-state index in [1.165, 1.54) is 6.08 Å². The van der Waals surface area contributed by atoms with Crippen LogP contribution in [-0.4, -0.2) is 46.9 Å². The van der Waals surface area contributed by atoms with Gasteiger partial charge >= 0.3 is 5.97 Å². The quantitative estimate of drug-likeness (QED) is 0.382. The Bertz CT molecular complexity index is 1200. The maximum absolute atomic E-state index is 14.1. The molecule has 0 aliphatic heterocycles. The number of fused-ring (bicyclic) bond motifs is 4. The first-order valence-electron chi connectivity index (χ1n) is 14.4. The molecule has 0 saturated heterocycles. The van der Waals surface area contributed by atoms with Crippen molar-refractivity contribution in [1.82, 2.24) is 0 Å². The van der Waals surface area contributed by atoms with Crippen molar-refractivity contribution in [1.29, 1.82) is 0 Å². The second-order valence-corrected chi connectivity index (χ2v) is 13.7. The Kier molecular flexibility index (Phi) is 7.28. The molecule has 0 aromatic carbocycles. The zero-order chi connectivity index (χ0) is 29.3. The van der Waals surface area contributed by atoms with E-state index in [0.29, 0.717) is 36.0 Å². The number of ketones is 4. The summed E-state index contributed by atoms with van der Waals surface area (Å²) in [5, 5.41) is 11.6. The molecule has 39 heavy (non-hydrogen) atoms. The number of aliphatic hydroxyl groups is 1. The van der Waals surface area contributed by atoms with E-state index in [2.05, 4.69) is 0 Å². The number of allylic oxidation sites excluding steroid dienone is 3. The van der Waals surface area contributed by atoms with Crippen LogP contribution in [0.5, 0.6) is 0 Å². The minimum atomic E-state index is -1.06. The maximum Gasteiger partial charge on any atom is 0.309 e. The van der Waals surface area contributed by atoms with E-state index in [1.807, 2.05) is 41.5 Å².